The summed E-state index contributed by atoms with van der Waals surface area (Å²) in [6, 6.07) is 4.40. The Morgan fingerprint density at radius 2 is 2.05 bits per heavy atom. The summed E-state index contributed by atoms with van der Waals surface area (Å²) in [5, 5.41) is 20.8. The zero-order valence-corrected chi connectivity index (χ0v) is 12.0. The molecule has 1 aromatic carbocycles. The minimum Gasteiger partial charge on any atom is -0.486 e. The van der Waals surface area contributed by atoms with Gasteiger partial charge >= 0.3 is 0 Å². The van der Waals surface area contributed by atoms with Crippen LogP contribution in [-0.4, -0.2) is 22.2 Å². The largest absolute Gasteiger partial charge is 0.486 e. The van der Waals surface area contributed by atoms with Gasteiger partial charge in [0.25, 0.3) is 5.69 Å². The number of aliphatic hydroxyl groups is 1. The minimum atomic E-state index is -0.506. The average molecular weight is 330 g/mol. The molecule has 5 nitrogen and oxygen atoms in total. The lowest BCUT2D eigenvalue weighted by Gasteiger charge is -2.22. The number of nitro benzene ring substituents is 1. The van der Waals surface area contributed by atoms with Crippen molar-refractivity contribution in [2.24, 2.45) is 0 Å². The standard InChI is InChI=1S/C13H16BrNO4/c14-10-7-6-9(15(17)18)8-13(10)19-12-5-3-1-2-4-11(12)16/h6-8,11-12,16H,1-5H2. The second-order valence-corrected chi connectivity index (χ2v) is 5.59. The van der Waals surface area contributed by atoms with Crippen molar-refractivity contribution in [3.05, 3.63) is 32.8 Å². The van der Waals surface area contributed by atoms with Gasteiger partial charge in [0.2, 0.25) is 0 Å². The van der Waals surface area contributed by atoms with Crippen molar-refractivity contribution >= 4 is 21.6 Å². The Bertz CT molecular complexity index is 466. The first-order chi connectivity index (χ1) is 9.08. The first-order valence-corrected chi connectivity index (χ1v) is 7.16. The van der Waals surface area contributed by atoms with Gasteiger partial charge < -0.3 is 9.84 Å². The fourth-order valence-electron chi connectivity index (χ4n) is 2.25. The maximum Gasteiger partial charge on any atom is 0.273 e. The third kappa shape index (κ3) is 3.67. The second-order valence-electron chi connectivity index (χ2n) is 4.73. The number of benzene rings is 1. The van der Waals surface area contributed by atoms with Gasteiger partial charge in [0.15, 0.2) is 0 Å². The third-order valence-corrected chi connectivity index (χ3v) is 3.98. The molecule has 0 spiro atoms. The molecule has 1 fully saturated rings. The zero-order chi connectivity index (χ0) is 13.8. The molecule has 1 saturated carbocycles. The molecule has 19 heavy (non-hydrogen) atoms. The number of hydrogen-bond donors (Lipinski definition) is 1. The molecule has 6 heteroatoms. The Labute approximate surface area is 119 Å². The first-order valence-electron chi connectivity index (χ1n) is 6.36. The Kier molecular flexibility index (Phi) is 4.76. The SMILES string of the molecule is O=[N+]([O-])c1ccc(Br)c(OC2CCCCCC2O)c1. The van der Waals surface area contributed by atoms with Gasteiger partial charge in [0.1, 0.15) is 11.9 Å². The lowest BCUT2D eigenvalue weighted by atomic mass is 10.1. The van der Waals surface area contributed by atoms with Gasteiger partial charge in [-0.2, -0.15) is 0 Å². The van der Waals surface area contributed by atoms with E-state index < -0.39 is 11.0 Å². The number of nitro groups is 1. The van der Waals surface area contributed by atoms with Gasteiger partial charge in [-0.15, -0.1) is 0 Å². The van der Waals surface area contributed by atoms with Gasteiger partial charge in [0, 0.05) is 6.07 Å². The van der Waals surface area contributed by atoms with Gasteiger partial charge in [-0.25, -0.2) is 0 Å². The molecule has 0 heterocycles. The third-order valence-electron chi connectivity index (χ3n) is 3.32. The topological polar surface area (TPSA) is 72.6 Å². The number of rotatable bonds is 3. The number of halogens is 1. The molecule has 1 N–H and O–H groups in total. The maximum absolute atomic E-state index is 10.8. The molecule has 1 aliphatic rings. The monoisotopic (exact) mass is 329 g/mol. The van der Waals surface area contributed by atoms with Crippen LogP contribution in [-0.2, 0) is 0 Å². The summed E-state index contributed by atoms with van der Waals surface area (Å²) in [6.45, 7) is 0. The molecule has 2 atom stereocenters. The van der Waals surface area contributed by atoms with Crippen LogP contribution in [0.25, 0.3) is 0 Å². The summed E-state index contributed by atoms with van der Waals surface area (Å²) in [4.78, 5) is 10.3. The van der Waals surface area contributed by atoms with E-state index in [4.69, 9.17) is 4.74 Å². The number of hydrogen-bond acceptors (Lipinski definition) is 4. The van der Waals surface area contributed by atoms with Crippen LogP contribution in [0, 0.1) is 10.1 Å². The van der Waals surface area contributed by atoms with E-state index in [1.54, 1.807) is 6.07 Å². The molecule has 1 aromatic rings. The van der Waals surface area contributed by atoms with Crippen LogP contribution in [0.1, 0.15) is 32.1 Å². The predicted molar refractivity (Wildman–Crippen MR) is 74.3 cm³/mol. The quantitative estimate of drug-likeness (QED) is 0.523. The summed E-state index contributed by atoms with van der Waals surface area (Å²) in [7, 11) is 0. The summed E-state index contributed by atoms with van der Waals surface area (Å²) in [5.74, 6) is 0.417. The van der Waals surface area contributed by atoms with Crippen LogP contribution in [0.3, 0.4) is 0 Å². The van der Waals surface area contributed by atoms with E-state index in [2.05, 4.69) is 15.9 Å². The van der Waals surface area contributed by atoms with Gasteiger partial charge in [-0.1, -0.05) is 12.8 Å². The second kappa shape index (κ2) is 6.34. The molecule has 0 amide bonds. The maximum atomic E-state index is 10.8. The van der Waals surface area contributed by atoms with E-state index in [9.17, 15) is 15.2 Å². The normalized spacial score (nSPS) is 23.7. The molecule has 2 rings (SSSR count). The molecule has 0 aromatic heterocycles. The van der Waals surface area contributed by atoms with Crippen molar-refractivity contribution in [2.75, 3.05) is 0 Å². The minimum absolute atomic E-state index is 0.0127. The lowest BCUT2D eigenvalue weighted by Crippen LogP contribution is -2.30. The van der Waals surface area contributed by atoms with Crippen molar-refractivity contribution < 1.29 is 14.8 Å². The molecule has 0 radical (unpaired) electrons. The number of aliphatic hydroxyl groups excluding tert-OH is 1. The number of ether oxygens (including phenoxy) is 1. The molecule has 1 aliphatic carbocycles. The van der Waals surface area contributed by atoms with E-state index in [-0.39, 0.29) is 11.8 Å². The van der Waals surface area contributed by atoms with Crippen molar-refractivity contribution in [3.8, 4) is 5.75 Å². The Hall–Kier alpha value is -1.14. The summed E-state index contributed by atoms with van der Waals surface area (Å²) >= 11 is 3.32. The van der Waals surface area contributed by atoms with Gasteiger partial charge in [0.05, 0.1) is 21.6 Å². The van der Waals surface area contributed by atoms with Gasteiger partial charge in [-0.3, -0.25) is 10.1 Å². The number of nitrogens with zero attached hydrogens (tertiary/aromatic N) is 1. The zero-order valence-electron chi connectivity index (χ0n) is 10.4. The van der Waals surface area contributed by atoms with Crippen LogP contribution in [0.15, 0.2) is 22.7 Å². The van der Waals surface area contributed by atoms with Crippen LogP contribution in [0.5, 0.6) is 5.75 Å². The van der Waals surface area contributed by atoms with Crippen molar-refractivity contribution in [3.63, 3.8) is 0 Å². The lowest BCUT2D eigenvalue weighted by molar-refractivity contribution is -0.385. The van der Waals surface area contributed by atoms with E-state index in [0.29, 0.717) is 10.2 Å². The highest BCUT2D eigenvalue weighted by atomic mass is 79.9. The van der Waals surface area contributed by atoms with Crippen molar-refractivity contribution in [1.82, 2.24) is 0 Å². The Morgan fingerprint density at radius 3 is 2.79 bits per heavy atom. The fourth-order valence-corrected chi connectivity index (χ4v) is 2.59. The Morgan fingerprint density at radius 1 is 1.32 bits per heavy atom. The molecule has 104 valence electrons. The first kappa shape index (κ1) is 14.3. The highest BCUT2D eigenvalue weighted by Gasteiger charge is 2.24. The van der Waals surface area contributed by atoms with E-state index >= 15 is 0 Å². The predicted octanol–water partition coefficient (Wildman–Crippen LogP) is 3.43. The van der Waals surface area contributed by atoms with Crippen molar-refractivity contribution in [1.29, 1.82) is 0 Å². The molecule has 0 saturated heterocycles. The average Bonchev–Trinajstić information content (AvgIpc) is 2.57. The van der Waals surface area contributed by atoms with Gasteiger partial charge in [-0.05, 0) is 41.3 Å². The number of non-ortho nitro benzene ring substituents is 1. The fraction of sp³-hybridized carbons (Fsp3) is 0.538. The van der Waals surface area contributed by atoms with Crippen LogP contribution < -0.4 is 4.74 Å². The van der Waals surface area contributed by atoms with E-state index in [1.165, 1.54) is 12.1 Å². The molecule has 0 bridgehead atoms. The molecule has 2 unspecified atom stereocenters. The summed E-state index contributed by atoms with van der Waals surface area (Å²) in [6.07, 6.45) is 3.79. The molecular weight excluding hydrogens is 314 g/mol. The van der Waals surface area contributed by atoms with E-state index in [0.717, 1.165) is 32.1 Å². The molecule has 0 aliphatic heterocycles. The molecular formula is C13H16BrNO4. The van der Waals surface area contributed by atoms with Crippen LogP contribution >= 0.6 is 15.9 Å². The highest BCUT2D eigenvalue weighted by Crippen LogP contribution is 2.32. The van der Waals surface area contributed by atoms with Crippen LogP contribution in [0.2, 0.25) is 0 Å². The van der Waals surface area contributed by atoms with Crippen molar-refractivity contribution in [2.45, 2.75) is 44.3 Å². The Balaban J connectivity index is 2.16. The summed E-state index contributed by atoms with van der Waals surface area (Å²) < 4.78 is 6.43. The van der Waals surface area contributed by atoms with E-state index in [1.807, 2.05) is 0 Å². The van der Waals surface area contributed by atoms with Crippen LogP contribution in [0.4, 0.5) is 5.69 Å². The highest BCUT2D eigenvalue weighted by molar-refractivity contribution is 9.10. The smallest absolute Gasteiger partial charge is 0.273 e. The summed E-state index contributed by atoms with van der Waals surface area (Å²) in [5.41, 5.74) is -0.0127.